The van der Waals surface area contributed by atoms with E-state index in [0.717, 1.165) is 54.7 Å². The van der Waals surface area contributed by atoms with Crippen LogP contribution in [0.25, 0.3) is 11.1 Å². The van der Waals surface area contributed by atoms with Gasteiger partial charge in [0.05, 0.1) is 0 Å². The van der Waals surface area contributed by atoms with Crippen molar-refractivity contribution in [3.8, 4) is 11.1 Å². The van der Waals surface area contributed by atoms with Crippen molar-refractivity contribution in [1.29, 1.82) is 0 Å². The molecule has 0 N–H and O–H groups in total. The molecule has 0 unspecified atom stereocenters. The Hall–Kier alpha value is -0.680. The fourth-order valence-corrected chi connectivity index (χ4v) is 6.39. The van der Waals surface area contributed by atoms with E-state index in [9.17, 15) is 0 Å². The Morgan fingerprint density at radius 1 is 0.500 bits per heavy atom. The summed E-state index contributed by atoms with van der Waals surface area (Å²) in [4.78, 5) is 0. The van der Waals surface area contributed by atoms with Crippen molar-refractivity contribution in [1.82, 2.24) is 0 Å². The Morgan fingerprint density at radius 2 is 0.714 bits per heavy atom. The van der Waals surface area contributed by atoms with Crippen molar-refractivity contribution >= 4 is 63.7 Å². The normalized spacial score (nSPS) is 10.6. The lowest BCUT2D eigenvalue weighted by Crippen LogP contribution is -2.00. The average molecular weight is 630 g/mol. The van der Waals surface area contributed by atoms with Crippen LogP contribution >= 0.6 is 63.7 Å². The Labute approximate surface area is 202 Å². The predicted octanol–water partition coefficient (Wildman–Crippen LogP) is 9.32. The summed E-state index contributed by atoms with van der Waals surface area (Å²) in [5.41, 5.74) is 7.02. The van der Waals surface area contributed by atoms with Crippen LogP contribution in [0.15, 0.2) is 80.6 Å². The first-order valence-corrected chi connectivity index (χ1v) is 12.0. The fraction of sp³-hybridized carbons (Fsp3) is 0.167. The van der Waals surface area contributed by atoms with Crippen LogP contribution in [0.1, 0.15) is 22.3 Å². The van der Waals surface area contributed by atoms with Crippen LogP contribution in [0.5, 0.6) is 0 Å². The van der Waals surface area contributed by atoms with Crippen LogP contribution in [-0.4, -0.2) is 0 Å². The summed E-state index contributed by atoms with van der Waals surface area (Å²) in [6.07, 6.45) is 10.8. The molecule has 0 aliphatic heterocycles. The summed E-state index contributed by atoms with van der Waals surface area (Å²) in [6.45, 7) is 15.7. The van der Waals surface area contributed by atoms with E-state index >= 15 is 0 Å². The molecule has 0 saturated carbocycles. The van der Waals surface area contributed by atoms with E-state index in [1.54, 1.807) is 0 Å². The van der Waals surface area contributed by atoms with Crippen molar-refractivity contribution in [3.05, 3.63) is 103 Å². The largest absolute Gasteiger partial charge is 0.103 e. The number of allylic oxidation sites excluding steroid dienone is 4. The molecular weight excluding hydrogens is 608 g/mol. The van der Waals surface area contributed by atoms with Gasteiger partial charge < -0.3 is 0 Å². The lowest BCUT2D eigenvalue weighted by Gasteiger charge is -2.21. The summed E-state index contributed by atoms with van der Waals surface area (Å²) in [5, 5.41) is 0. The number of hydrogen-bond donors (Lipinski definition) is 0. The molecule has 0 bridgehead atoms. The van der Waals surface area contributed by atoms with Gasteiger partial charge in [0.15, 0.2) is 0 Å². The molecule has 0 radical (unpaired) electrons. The van der Waals surface area contributed by atoms with Crippen LogP contribution in [0, 0.1) is 0 Å². The highest BCUT2D eigenvalue weighted by Crippen LogP contribution is 2.48. The van der Waals surface area contributed by atoms with Gasteiger partial charge in [-0.1, -0.05) is 36.4 Å². The summed E-state index contributed by atoms with van der Waals surface area (Å²) in [7, 11) is 0. The zero-order valence-electron chi connectivity index (χ0n) is 15.6. The van der Waals surface area contributed by atoms with Crippen LogP contribution in [0.4, 0.5) is 0 Å². The molecule has 146 valence electrons. The van der Waals surface area contributed by atoms with Gasteiger partial charge in [-0.15, -0.1) is 26.3 Å². The highest BCUT2D eigenvalue weighted by Gasteiger charge is 2.23. The fourth-order valence-electron chi connectivity index (χ4n) is 3.16. The molecule has 0 atom stereocenters. The molecular formula is C24H22Br4. The maximum atomic E-state index is 3.92. The zero-order valence-corrected chi connectivity index (χ0v) is 22.0. The minimum atomic E-state index is 0.784. The molecule has 0 aromatic heterocycles. The quantitative estimate of drug-likeness (QED) is 0.243. The van der Waals surface area contributed by atoms with Crippen molar-refractivity contribution in [2.24, 2.45) is 0 Å². The van der Waals surface area contributed by atoms with Crippen molar-refractivity contribution in [3.63, 3.8) is 0 Å². The first-order valence-electron chi connectivity index (χ1n) is 8.84. The molecule has 0 nitrogen and oxygen atoms in total. The van der Waals surface area contributed by atoms with E-state index < -0.39 is 0 Å². The lowest BCUT2D eigenvalue weighted by atomic mass is 9.93. The highest BCUT2D eigenvalue weighted by molar-refractivity contribution is 9.11. The van der Waals surface area contributed by atoms with Gasteiger partial charge in [-0.2, -0.15) is 0 Å². The average Bonchev–Trinajstić information content (AvgIpc) is 2.66. The topological polar surface area (TPSA) is 0 Å². The first kappa shape index (κ1) is 23.6. The third-order valence-electron chi connectivity index (χ3n) is 4.41. The molecule has 28 heavy (non-hydrogen) atoms. The zero-order chi connectivity index (χ0) is 20.8. The lowest BCUT2D eigenvalue weighted by molar-refractivity contribution is 1.16. The molecule has 0 aliphatic carbocycles. The van der Waals surface area contributed by atoms with Gasteiger partial charge >= 0.3 is 0 Å². The Kier molecular flexibility index (Phi) is 9.20. The maximum absolute atomic E-state index is 3.92. The van der Waals surface area contributed by atoms with Gasteiger partial charge in [-0.25, -0.2) is 0 Å². The van der Waals surface area contributed by atoms with Gasteiger partial charge in [0.2, 0.25) is 0 Å². The van der Waals surface area contributed by atoms with E-state index in [1.807, 2.05) is 24.3 Å². The molecule has 2 aromatic rings. The molecule has 0 spiro atoms. The molecule has 0 heterocycles. The van der Waals surface area contributed by atoms with E-state index in [2.05, 4.69) is 102 Å². The molecule has 2 aromatic carbocycles. The van der Waals surface area contributed by atoms with Crippen molar-refractivity contribution < 1.29 is 0 Å². The number of hydrogen-bond acceptors (Lipinski definition) is 0. The van der Waals surface area contributed by atoms with E-state index in [-0.39, 0.29) is 0 Å². The highest BCUT2D eigenvalue weighted by atomic mass is 79.9. The summed E-state index contributed by atoms with van der Waals surface area (Å²) in [6, 6.07) is 4.42. The van der Waals surface area contributed by atoms with Crippen LogP contribution < -0.4 is 0 Å². The smallest absolute Gasteiger partial charge is 0.0301 e. The SMILES string of the molecule is C=CCc1cc(CC=C)c(Br)c(-c2c(Br)c(CC=C)cc(CC=C)c2Br)c1Br. The standard InChI is InChI=1S/C24H22Br4/c1-5-9-15-13-16(10-6-2)22(26)19(21(15)25)20-23(27)17(11-7-3)14-18(12-8-4)24(20)28/h5-8,13-14H,1-4,9-12H2. The minimum absolute atomic E-state index is 0.784. The Balaban J connectivity index is 2.96. The van der Waals surface area contributed by atoms with Crippen LogP contribution in [-0.2, 0) is 25.7 Å². The number of halogens is 4. The second-order valence-electron chi connectivity index (χ2n) is 6.37. The van der Waals surface area contributed by atoms with Gasteiger partial charge in [-0.3, -0.25) is 0 Å². The molecule has 4 heteroatoms. The Bertz CT molecular complexity index is 793. The second kappa shape index (κ2) is 10.9. The molecule has 0 fully saturated rings. The second-order valence-corrected chi connectivity index (χ2v) is 9.54. The van der Waals surface area contributed by atoms with E-state index in [4.69, 9.17) is 0 Å². The molecule has 0 aliphatic rings. The maximum Gasteiger partial charge on any atom is 0.0301 e. The molecule has 0 amide bonds. The summed E-state index contributed by atoms with van der Waals surface area (Å²) < 4.78 is 4.25. The Morgan fingerprint density at radius 3 is 0.893 bits per heavy atom. The van der Waals surface area contributed by atoms with Crippen molar-refractivity contribution in [2.75, 3.05) is 0 Å². The number of benzene rings is 2. The molecule has 0 saturated heterocycles. The summed E-state index contributed by atoms with van der Waals surface area (Å²) >= 11 is 15.5. The van der Waals surface area contributed by atoms with Gasteiger partial charge in [0.1, 0.15) is 0 Å². The van der Waals surface area contributed by atoms with E-state index in [0.29, 0.717) is 0 Å². The van der Waals surface area contributed by atoms with Gasteiger partial charge in [0.25, 0.3) is 0 Å². The van der Waals surface area contributed by atoms with Crippen LogP contribution in [0.2, 0.25) is 0 Å². The monoisotopic (exact) mass is 626 g/mol. The number of rotatable bonds is 9. The van der Waals surface area contributed by atoms with Gasteiger partial charge in [-0.05, 0) is 112 Å². The third kappa shape index (κ3) is 4.89. The molecule has 2 rings (SSSR count). The van der Waals surface area contributed by atoms with Gasteiger partial charge in [0, 0.05) is 29.0 Å². The minimum Gasteiger partial charge on any atom is -0.103 e. The van der Waals surface area contributed by atoms with E-state index in [1.165, 1.54) is 22.3 Å². The van der Waals surface area contributed by atoms with Crippen molar-refractivity contribution in [2.45, 2.75) is 25.7 Å². The van der Waals surface area contributed by atoms with Crippen LogP contribution in [0.3, 0.4) is 0 Å². The summed E-state index contributed by atoms with van der Waals surface area (Å²) in [5.74, 6) is 0. The third-order valence-corrected chi connectivity index (χ3v) is 8.03. The predicted molar refractivity (Wildman–Crippen MR) is 138 cm³/mol. The first-order chi connectivity index (χ1) is 13.4.